The Morgan fingerprint density at radius 3 is 2.57 bits per heavy atom. The first-order valence-electron chi connectivity index (χ1n) is 8.24. The minimum absolute atomic E-state index is 0.463. The minimum Gasteiger partial charge on any atom is -0.260 e. The summed E-state index contributed by atoms with van der Waals surface area (Å²) in [5.41, 5.74) is 5.53. The Kier molecular flexibility index (Phi) is 3.97. The van der Waals surface area contributed by atoms with Gasteiger partial charge in [0.1, 0.15) is 0 Å². The smallest absolute Gasteiger partial charge is 0.155 e. The molecule has 0 unspecified atom stereocenters. The lowest BCUT2D eigenvalue weighted by atomic mass is 9.72. The first-order chi connectivity index (χ1) is 10.1. The Morgan fingerprint density at radius 2 is 1.86 bits per heavy atom. The van der Waals surface area contributed by atoms with E-state index in [-0.39, 0.29) is 0 Å². The second-order valence-electron chi connectivity index (χ2n) is 7.18. The number of amidine groups is 1. The normalized spacial score (nSPS) is 21.1. The molecular formula is C19H26N2. The Balaban J connectivity index is 1.74. The van der Waals surface area contributed by atoms with Gasteiger partial charge in [0, 0.05) is 11.3 Å². The fourth-order valence-electron chi connectivity index (χ4n) is 3.77. The third-order valence-electron chi connectivity index (χ3n) is 4.99. The summed E-state index contributed by atoms with van der Waals surface area (Å²) in [6, 6.07) is 6.53. The molecule has 2 heteroatoms. The summed E-state index contributed by atoms with van der Waals surface area (Å²) < 4.78 is 0. The molecule has 1 aromatic carbocycles. The van der Waals surface area contributed by atoms with E-state index in [1.165, 1.54) is 54.5 Å². The molecule has 2 nitrogen and oxygen atoms in total. The molecule has 0 atom stereocenters. The molecular weight excluding hydrogens is 256 g/mol. The van der Waals surface area contributed by atoms with Crippen LogP contribution in [0.2, 0.25) is 0 Å². The van der Waals surface area contributed by atoms with Crippen molar-refractivity contribution in [3.8, 4) is 0 Å². The van der Waals surface area contributed by atoms with Gasteiger partial charge in [-0.3, -0.25) is 4.99 Å². The van der Waals surface area contributed by atoms with Crippen LogP contribution in [0, 0.1) is 19.3 Å². The van der Waals surface area contributed by atoms with Crippen molar-refractivity contribution in [2.75, 3.05) is 6.54 Å². The maximum Gasteiger partial charge on any atom is 0.155 e. The van der Waals surface area contributed by atoms with Gasteiger partial charge in [-0.1, -0.05) is 49.9 Å². The van der Waals surface area contributed by atoms with Gasteiger partial charge in [-0.25, -0.2) is 4.99 Å². The molecule has 1 heterocycles. The van der Waals surface area contributed by atoms with Crippen LogP contribution in [0.4, 0.5) is 0 Å². The SMILES string of the molecule is Cc1ccc(C2=NCC(CC3(C)CCCCC3)=N2)c(C)c1. The molecule has 1 aliphatic heterocycles. The van der Waals surface area contributed by atoms with Gasteiger partial charge in [0.2, 0.25) is 0 Å². The standard InChI is InChI=1S/C19H26N2/c1-14-7-8-17(15(2)11-14)18-20-13-16(21-18)12-19(3)9-5-4-6-10-19/h7-8,11H,4-6,9-10,12-13H2,1-3H3. The van der Waals surface area contributed by atoms with Gasteiger partial charge in [-0.15, -0.1) is 0 Å². The molecule has 0 amide bonds. The van der Waals surface area contributed by atoms with Crippen LogP contribution >= 0.6 is 0 Å². The van der Waals surface area contributed by atoms with Crippen LogP contribution < -0.4 is 0 Å². The Bertz CT molecular complexity index is 590. The molecule has 0 N–H and O–H groups in total. The van der Waals surface area contributed by atoms with Crippen LogP contribution in [0.3, 0.4) is 0 Å². The maximum absolute atomic E-state index is 4.85. The van der Waals surface area contributed by atoms with Gasteiger partial charge in [0.25, 0.3) is 0 Å². The molecule has 0 bridgehead atoms. The molecule has 2 aliphatic rings. The van der Waals surface area contributed by atoms with Crippen molar-refractivity contribution in [2.24, 2.45) is 15.4 Å². The van der Waals surface area contributed by atoms with Crippen LogP contribution in [0.25, 0.3) is 0 Å². The summed E-state index contributed by atoms with van der Waals surface area (Å²) in [6.45, 7) is 7.52. The van der Waals surface area contributed by atoms with Crippen molar-refractivity contribution in [1.82, 2.24) is 0 Å². The lowest BCUT2D eigenvalue weighted by Gasteiger charge is -2.33. The molecule has 1 aliphatic carbocycles. The predicted molar refractivity (Wildman–Crippen MR) is 90.6 cm³/mol. The van der Waals surface area contributed by atoms with Gasteiger partial charge in [-0.2, -0.15) is 0 Å². The quantitative estimate of drug-likeness (QED) is 0.756. The molecule has 1 aromatic rings. The molecule has 3 rings (SSSR count). The Morgan fingerprint density at radius 1 is 1.10 bits per heavy atom. The number of benzene rings is 1. The summed E-state index contributed by atoms with van der Waals surface area (Å²) in [4.78, 5) is 9.54. The van der Waals surface area contributed by atoms with Crippen LogP contribution in [0.1, 0.15) is 62.1 Å². The van der Waals surface area contributed by atoms with Crippen LogP contribution in [-0.4, -0.2) is 18.1 Å². The number of aliphatic imine (C=N–C) groups is 2. The predicted octanol–water partition coefficient (Wildman–Crippen LogP) is 4.87. The molecule has 1 saturated carbocycles. The maximum atomic E-state index is 4.85. The highest BCUT2D eigenvalue weighted by molar-refractivity contribution is 6.12. The summed E-state index contributed by atoms with van der Waals surface area (Å²) in [5, 5.41) is 0. The van der Waals surface area contributed by atoms with E-state index >= 15 is 0 Å². The van der Waals surface area contributed by atoms with Crippen molar-refractivity contribution in [1.29, 1.82) is 0 Å². The summed E-state index contributed by atoms with van der Waals surface area (Å²) in [5.74, 6) is 0.946. The average molecular weight is 282 g/mol. The topological polar surface area (TPSA) is 24.7 Å². The van der Waals surface area contributed by atoms with Crippen LogP contribution in [0.15, 0.2) is 28.2 Å². The van der Waals surface area contributed by atoms with Crippen molar-refractivity contribution in [3.63, 3.8) is 0 Å². The fraction of sp³-hybridized carbons (Fsp3) is 0.579. The number of hydrogen-bond acceptors (Lipinski definition) is 2. The highest BCUT2D eigenvalue weighted by Gasteiger charge is 2.29. The van der Waals surface area contributed by atoms with E-state index in [1.807, 2.05) is 0 Å². The number of aryl methyl sites for hydroxylation is 2. The average Bonchev–Trinajstić information content (AvgIpc) is 2.87. The van der Waals surface area contributed by atoms with Gasteiger partial charge in [0.05, 0.1) is 6.54 Å². The second kappa shape index (κ2) is 5.75. The monoisotopic (exact) mass is 282 g/mol. The van der Waals surface area contributed by atoms with E-state index in [2.05, 4.69) is 44.0 Å². The van der Waals surface area contributed by atoms with E-state index < -0.39 is 0 Å². The molecule has 1 fully saturated rings. The van der Waals surface area contributed by atoms with Crippen molar-refractivity contribution >= 4 is 11.5 Å². The van der Waals surface area contributed by atoms with E-state index in [0.717, 1.165) is 18.8 Å². The molecule has 0 aromatic heterocycles. The lowest BCUT2D eigenvalue weighted by molar-refractivity contribution is 0.226. The highest BCUT2D eigenvalue weighted by Crippen LogP contribution is 2.39. The number of hydrogen-bond donors (Lipinski definition) is 0. The summed E-state index contributed by atoms with van der Waals surface area (Å²) in [6.07, 6.45) is 8.01. The fourth-order valence-corrected chi connectivity index (χ4v) is 3.77. The van der Waals surface area contributed by atoms with Crippen molar-refractivity contribution in [2.45, 2.75) is 59.3 Å². The van der Waals surface area contributed by atoms with E-state index in [0.29, 0.717) is 5.41 Å². The number of rotatable bonds is 3. The van der Waals surface area contributed by atoms with Gasteiger partial charge in [0.15, 0.2) is 5.84 Å². The zero-order valence-corrected chi connectivity index (χ0v) is 13.6. The van der Waals surface area contributed by atoms with Crippen LogP contribution in [0.5, 0.6) is 0 Å². The zero-order valence-electron chi connectivity index (χ0n) is 13.6. The molecule has 0 saturated heterocycles. The highest BCUT2D eigenvalue weighted by atomic mass is 15.0. The molecule has 21 heavy (non-hydrogen) atoms. The van der Waals surface area contributed by atoms with Crippen molar-refractivity contribution < 1.29 is 0 Å². The Labute approximate surface area is 128 Å². The number of nitrogens with zero attached hydrogens (tertiary/aromatic N) is 2. The zero-order chi connectivity index (χ0) is 14.9. The Hall–Kier alpha value is -1.44. The summed E-state index contributed by atoms with van der Waals surface area (Å²) in [7, 11) is 0. The molecule has 112 valence electrons. The van der Waals surface area contributed by atoms with Crippen LogP contribution in [-0.2, 0) is 0 Å². The lowest BCUT2D eigenvalue weighted by Crippen LogP contribution is -2.24. The minimum atomic E-state index is 0.463. The summed E-state index contributed by atoms with van der Waals surface area (Å²) >= 11 is 0. The second-order valence-corrected chi connectivity index (χ2v) is 7.18. The van der Waals surface area contributed by atoms with Crippen molar-refractivity contribution in [3.05, 3.63) is 34.9 Å². The van der Waals surface area contributed by atoms with E-state index in [4.69, 9.17) is 4.99 Å². The largest absolute Gasteiger partial charge is 0.260 e. The van der Waals surface area contributed by atoms with Gasteiger partial charge < -0.3 is 0 Å². The first-order valence-corrected chi connectivity index (χ1v) is 8.24. The third-order valence-corrected chi connectivity index (χ3v) is 4.99. The third kappa shape index (κ3) is 3.25. The van der Waals surface area contributed by atoms with Gasteiger partial charge >= 0.3 is 0 Å². The van der Waals surface area contributed by atoms with Gasteiger partial charge in [-0.05, 0) is 44.1 Å². The van der Waals surface area contributed by atoms with E-state index in [1.54, 1.807) is 0 Å². The first kappa shape index (κ1) is 14.5. The molecule has 0 radical (unpaired) electrons. The van der Waals surface area contributed by atoms with E-state index in [9.17, 15) is 0 Å². The molecule has 0 spiro atoms.